The third-order valence-electron chi connectivity index (χ3n) is 3.51. The average molecular weight is 328 g/mol. The minimum absolute atomic E-state index is 0.178. The SMILES string of the molecule is CC(NS(=O)(=O)N(C)CCC#N)c1nc2c(s1)CCCC2. The average Bonchev–Trinajstić information content (AvgIpc) is 2.88. The van der Waals surface area contributed by atoms with Crippen LogP contribution in [0.5, 0.6) is 0 Å². The second-order valence-corrected chi connectivity index (χ2v) is 8.13. The molecule has 1 heterocycles. The summed E-state index contributed by atoms with van der Waals surface area (Å²) in [5, 5.41) is 9.35. The summed E-state index contributed by atoms with van der Waals surface area (Å²) in [5.41, 5.74) is 1.13. The molecule has 0 saturated carbocycles. The van der Waals surface area contributed by atoms with Crippen molar-refractivity contribution in [1.29, 1.82) is 5.26 Å². The van der Waals surface area contributed by atoms with Crippen LogP contribution in [0.4, 0.5) is 0 Å². The molecule has 1 aromatic rings. The second kappa shape index (κ2) is 6.83. The van der Waals surface area contributed by atoms with E-state index in [0.29, 0.717) is 0 Å². The monoisotopic (exact) mass is 328 g/mol. The van der Waals surface area contributed by atoms with Crippen molar-refractivity contribution in [1.82, 2.24) is 14.0 Å². The number of nitrogens with zero attached hydrogens (tertiary/aromatic N) is 3. The number of hydrogen-bond acceptors (Lipinski definition) is 5. The fourth-order valence-corrected chi connectivity index (χ4v) is 4.55. The van der Waals surface area contributed by atoms with Gasteiger partial charge in [-0.05, 0) is 32.6 Å². The van der Waals surface area contributed by atoms with Crippen molar-refractivity contribution >= 4 is 21.5 Å². The lowest BCUT2D eigenvalue weighted by atomic mass is 10.0. The van der Waals surface area contributed by atoms with Gasteiger partial charge in [-0.2, -0.15) is 22.7 Å². The number of aryl methyl sites for hydroxylation is 2. The molecule has 1 atom stereocenters. The first kappa shape index (κ1) is 16.4. The van der Waals surface area contributed by atoms with Gasteiger partial charge in [0.2, 0.25) is 0 Å². The Bertz CT molecular complexity index is 610. The van der Waals surface area contributed by atoms with Crippen molar-refractivity contribution in [2.24, 2.45) is 0 Å². The molecular formula is C13H20N4O2S2. The van der Waals surface area contributed by atoms with Crippen LogP contribution in [-0.4, -0.2) is 31.3 Å². The second-order valence-electron chi connectivity index (χ2n) is 5.20. The molecule has 116 valence electrons. The number of nitrogens with one attached hydrogen (secondary N) is 1. The van der Waals surface area contributed by atoms with Gasteiger partial charge in [-0.25, -0.2) is 4.98 Å². The van der Waals surface area contributed by atoms with Gasteiger partial charge in [0.25, 0.3) is 10.2 Å². The first-order chi connectivity index (χ1) is 9.94. The zero-order chi connectivity index (χ0) is 15.5. The number of rotatable bonds is 6. The molecule has 0 aliphatic heterocycles. The zero-order valence-electron chi connectivity index (χ0n) is 12.3. The number of aromatic nitrogens is 1. The van der Waals surface area contributed by atoms with Crippen molar-refractivity contribution in [3.63, 3.8) is 0 Å². The maximum absolute atomic E-state index is 12.1. The van der Waals surface area contributed by atoms with E-state index in [1.54, 1.807) is 18.3 Å². The molecule has 0 fully saturated rings. The molecule has 0 spiro atoms. The quantitative estimate of drug-likeness (QED) is 0.862. The standard InChI is InChI=1S/C13H20N4O2S2/c1-10(16-21(18,19)17(2)9-5-8-14)13-15-11-6-3-4-7-12(11)20-13/h10,16H,3-7,9H2,1-2H3. The van der Waals surface area contributed by atoms with Gasteiger partial charge >= 0.3 is 0 Å². The fraction of sp³-hybridized carbons (Fsp3) is 0.692. The Labute approximate surface area is 130 Å². The lowest BCUT2D eigenvalue weighted by Crippen LogP contribution is -2.39. The molecule has 1 aromatic heterocycles. The maximum Gasteiger partial charge on any atom is 0.279 e. The predicted molar refractivity (Wildman–Crippen MR) is 82.1 cm³/mol. The van der Waals surface area contributed by atoms with Gasteiger partial charge in [0.1, 0.15) is 5.01 Å². The van der Waals surface area contributed by atoms with E-state index in [2.05, 4.69) is 9.71 Å². The smallest absolute Gasteiger partial charge is 0.244 e. The number of thiazole rings is 1. The largest absolute Gasteiger partial charge is 0.279 e. The van der Waals surface area contributed by atoms with Crippen LogP contribution >= 0.6 is 11.3 Å². The van der Waals surface area contributed by atoms with Gasteiger partial charge < -0.3 is 0 Å². The molecule has 6 nitrogen and oxygen atoms in total. The summed E-state index contributed by atoms with van der Waals surface area (Å²) in [6.45, 7) is 1.99. The van der Waals surface area contributed by atoms with E-state index in [-0.39, 0.29) is 19.0 Å². The Morgan fingerprint density at radius 1 is 1.48 bits per heavy atom. The van der Waals surface area contributed by atoms with Gasteiger partial charge in [0.05, 0.1) is 17.8 Å². The van der Waals surface area contributed by atoms with E-state index in [1.165, 1.54) is 22.7 Å². The Balaban J connectivity index is 2.05. The highest BCUT2D eigenvalue weighted by molar-refractivity contribution is 7.87. The van der Waals surface area contributed by atoms with Gasteiger partial charge in [0.15, 0.2) is 0 Å². The van der Waals surface area contributed by atoms with E-state index in [1.807, 2.05) is 6.07 Å². The van der Waals surface area contributed by atoms with Crippen LogP contribution in [0, 0.1) is 11.3 Å². The molecule has 0 radical (unpaired) electrons. The minimum Gasteiger partial charge on any atom is -0.244 e. The van der Waals surface area contributed by atoms with Crippen molar-refractivity contribution in [2.45, 2.75) is 45.1 Å². The van der Waals surface area contributed by atoms with Gasteiger partial charge in [0, 0.05) is 24.9 Å². The molecule has 1 aliphatic rings. The topological polar surface area (TPSA) is 86.1 Å². The van der Waals surface area contributed by atoms with Crippen LogP contribution in [0.2, 0.25) is 0 Å². The number of hydrogen-bond donors (Lipinski definition) is 1. The summed E-state index contributed by atoms with van der Waals surface area (Å²) < 4.78 is 28.1. The van der Waals surface area contributed by atoms with Crippen LogP contribution in [0.1, 0.15) is 47.8 Å². The molecule has 1 N–H and O–H groups in total. The van der Waals surface area contributed by atoms with Gasteiger partial charge in [-0.1, -0.05) is 0 Å². The summed E-state index contributed by atoms with van der Waals surface area (Å²) in [6.07, 6.45) is 4.57. The highest BCUT2D eigenvalue weighted by Crippen LogP contribution is 2.30. The van der Waals surface area contributed by atoms with Crippen LogP contribution in [0.15, 0.2) is 0 Å². The van der Waals surface area contributed by atoms with Crippen LogP contribution < -0.4 is 4.72 Å². The van der Waals surface area contributed by atoms with Gasteiger partial charge in [-0.15, -0.1) is 11.3 Å². The normalized spacial score (nSPS) is 16.5. The Morgan fingerprint density at radius 3 is 2.86 bits per heavy atom. The predicted octanol–water partition coefficient (Wildman–Crippen LogP) is 1.76. The third-order valence-corrected chi connectivity index (χ3v) is 6.50. The van der Waals surface area contributed by atoms with Crippen LogP contribution in [-0.2, 0) is 23.1 Å². The molecule has 0 amide bonds. The van der Waals surface area contributed by atoms with E-state index < -0.39 is 10.2 Å². The molecule has 8 heteroatoms. The highest BCUT2D eigenvalue weighted by atomic mass is 32.2. The molecule has 0 bridgehead atoms. The third kappa shape index (κ3) is 4.01. The lowest BCUT2D eigenvalue weighted by molar-refractivity contribution is 0.456. The first-order valence-corrected chi connectivity index (χ1v) is 9.28. The van der Waals surface area contributed by atoms with Crippen molar-refractivity contribution in [3.05, 3.63) is 15.6 Å². The van der Waals surface area contributed by atoms with E-state index in [0.717, 1.165) is 30.0 Å². The summed E-state index contributed by atoms with van der Waals surface area (Å²) >= 11 is 1.60. The van der Waals surface area contributed by atoms with E-state index in [4.69, 9.17) is 5.26 Å². The first-order valence-electron chi connectivity index (χ1n) is 7.03. The van der Waals surface area contributed by atoms with Crippen LogP contribution in [0.25, 0.3) is 0 Å². The molecule has 21 heavy (non-hydrogen) atoms. The molecule has 0 saturated heterocycles. The Kier molecular flexibility index (Phi) is 5.32. The summed E-state index contributed by atoms with van der Waals surface area (Å²) in [5.74, 6) is 0. The van der Waals surface area contributed by atoms with Crippen LogP contribution in [0.3, 0.4) is 0 Å². The van der Waals surface area contributed by atoms with Gasteiger partial charge in [-0.3, -0.25) is 0 Å². The summed E-state index contributed by atoms with van der Waals surface area (Å²) in [7, 11) is -2.11. The van der Waals surface area contributed by atoms with E-state index >= 15 is 0 Å². The maximum atomic E-state index is 12.1. The fourth-order valence-electron chi connectivity index (χ4n) is 2.25. The van der Waals surface area contributed by atoms with E-state index in [9.17, 15) is 8.42 Å². The molecule has 1 aliphatic carbocycles. The molecular weight excluding hydrogens is 308 g/mol. The minimum atomic E-state index is -3.58. The van der Waals surface area contributed by atoms with Crippen molar-refractivity contribution < 1.29 is 8.42 Å². The summed E-state index contributed by atoms with van der Waals surface area (Å²) in [4.78, 5) is 5.87. The number of nitriles is 1. The number of fused-ring (bicyclic) bond motifs is 1. The molecule has 1 unspecified atom stereocenters. The van der Waals surface area contributed by atoms with Crippen molar-refractivity contribution in [3.8, 4) is 6.07 Å². The lowest BCUT2D eigenvalue weighted by Gasteiger charge is -2.19. The highest BCUT2D eigenvalue weighted by Gasteiger charge is 2.24. The molecule has 0 aromatic carbocycles. The zero-order valence-corrected chi connectivity index (χ0v) is 13.9. The molecule has 2 rings (SSSR count). The summed E-state index contributed by atoms with van der Waals surface area (Å²) in [6, 6.07) is 1.59. The Hall–Kier alpha value is -1.01. The van der Waals surface area contributed by atoms with Crippen molar-refractivity contribution in [2.75, 3.05) is 13.6 Å². The Morgan fingerprint density at radius 2 is 2.19 bits per heavy atom.